The lowest BCUT2D eigenvalue weighted by Crippen LogP contribution is -1.95. The summed E-state index contributed by atoms with van der Waals surface area (Å²) in [6, 6.07) is 4.61. The molecule has 2 heterocycles. The number of thiophene rings is 1. The van der Waals surface area contributed by atoms with Gasteiger partial charge in [-0.1, -0.05) is 0 Å². The first-order chi connectivity index (χ1) is 8.56. The maximum atomic E-state index is 11.0. The average Bonchev–Trinajstić information content (AvgIpc) is 2.78. The third kappa shape index (κ3) is 2.72. The van der Waals surface area contributed by atoms with Crippen molar-refractivity contribution in [1.82, 2.24) is 4.98 Å². The van der Waals surface area contributed by atoms with Gasteiger partial charge in [0.25, 0.3) is 0 Å². The standard InChI is InChI=1S/C12H9NO4S/c1-7(14)10-3-2-8(5-13-10)17-9-4-11(12(15)16)18-6-9/h2-6H,1H3,(H,15,16). The summed E-state index contributed by atoms with van der Waals surface area (Å²) in [5.74, 6) is -0.213. The first kappa shape index (κ1) is 12.3. The molecule has 1 N–H and O–H groups in total. The van der Waals surface area contributed by atoms with Crippen molar-refractivity contribution in [2.24, 2.45) is 0 Å². The zero-order valence-electron chi connectivity index (χ0n) is 9.41. The van der Waals surface area contributed by atoms with Crippen molar-refractivity contribution in [3.8, 4) is 11.5 Å². The van der Waals surface area contributed by atoms with Crippen LogP contribution < -0.4 is 4.74 Å². The van der Waals surface area contributed by atoms with Gasteiger partial charge in [0.15, 0.2) is 5.78 Å². The van der Waals surface area contributed by atoms with E-state index < -0.39 is 5.97 Å². The quantitative estimate of drug-likeness (QED) is 0.858. The molecule has 0 spiro atoms. The molecule has 0 saturated carbocycles. The van der Waals surface area contributed by atoms with Crippen LogP contribution in [0.1, 0.15) is 27.1 Å². The summed E-state index contributed by atoms with van der Waals surface area (Å²) < 4.78 is 5.42. The normalized spacial score (nSPS) is 10.1. The Morgan fingerprint density at radius 3 is 2.61 bits per heavy atom. The first-order valence-electron chi connectivity index (χ1n) is 5.03. The van der Waals surface area contributed by atoms with Crippen LogP contribution in [0.25, 0.3) is 0 Å². The van der Waals surface area contributed by atoms with E-state index in [1.807, 2.05) is 0 Å². The van der Waals surface area contributed by atoms with Crippen LogP contribution in [0.5, 0.6) is 11.5 Å². The molecule has 0 aromatic carbocycles. The first-order valence-corrected chi connectivity index (χ1v) is 5.91. The van der Waals surface area contributed by atoms with Crippen LogP contribution in [0, 0.1) is 0 Å². The van der Waals surface area contributed by atoms with Crippen LogP contribution in [0.2, 0.25) is 0 Å². The molecule has 0 unspecified atom stereocenters. The lowest BCUT2D eigenvalue weighted by atomic mass is 10.3. The molecule has 0 radical (unpaired) electrons. The number of aromatic nitrogens is 1. The second-order valence-corrected chi connectivity index (χ2v) is 4.40. The van der Waals surface area contributed by atoms with Gasteiger partial charge in [-0.25, -0.2) is 9.78 Å². The van der Waals surface area contributed by atoms with Crippen LogP contribution in [0.4, 0.5) is 0 Å². The van der Waals surface area contributed by atoms with Gasteiger partial charge in [0, 0.05) is 18.4 Å². The predicted molar refractivity (Wildman–Crippen MR) is 65.6 cm³/mol. The van der Waals surface area contributed by atoms with Crippen molar-refractivity contribution in [2.45, 2.75) is 6.92 Å². The van der Waals surface area contributed by atoms with E-state index in [1.165, 1.54) is 19.2 Å². The third-order valence-electron chi connectivity index (χ3n) is 2.12. The van der Waals surface area contributed by atoms with Gasteiger partial charge in [0.2, 0.25) is 0 Å². The van der Waals surface area contributed by atoms with Gasteiger partial charge in [0.05, 0.1) is 6.20 Å². The van der Waals surface area contributed by atoms with Gasteiger partial charge in [-0.3, -0.25) is 4.79 Å². The predicted octanol–water partition coefficient (Wildman–Crippen LogP) is 2.84. The summed E-state index contributed by atoms with van der Waals surface area (Å²) in [5.41, 5.74) is 0.360. The largest absolute Gasteiger partial charge is 0.477 e. The van der Waals surface area contributed by atoms with Crippen LogP contribution in [0.3, 0.4) is 0 Å². The van der Waals surface area contributed by atoms with E-state index in [9.17, 15) is 9.59 Å². The highest BCUT2D eigenvalue weighted by Gasteiger charge is 2.08. The van der Waals surface area contributed by atoms with Crippen molar-refractivity contribution >= 4 is 23.1 Å². The number of carbonyl (C=O) groups is 2. The molecule has 0 bridgehead atoms. The Labute approximate surface area is 107 Å². The number of ether oxygens (including phenoxy) is 1. The maximum Gasteiger partial charge on any atom is 0.346 e. The number of ketones is 1. The van der Waals surface area contributed by atoms with E-state index in [0.717, 1.165) is 11.3 Å². The zero-order valence-corrected chi connectivity index (χ0v) is 10.2. The van der Waals surface area contributed by atoms with Crippen LogP contribution in [-0.4, -0.2) is 21.8 Å². The number of carboxylic acids is 1. The van der Waals surface area contributed by atoms with E-state index >= 15 is 0 Å². The lowest BCUT2D eigenvalue weighted by molar-refractivity contribution is 0.0701. The molecule has 0 saturated heterocycles. The Morgan fingerprint density at radius 1 is 1.33 bits per heavy atom. The number of nitrogens with zero attached hydrogens (tertiary/aromatic N) is 1. The molecule has 0 atom stereocenters. The number of aromatic carboxylic acids is 1. The number of hydrogen-bond donors (Lipinski definition) is 1. The number of pyridine rings is 1. The van der Waals surface area contributed by atoms with Crippen LogP contribution in [-0.2, 0) is 0 Å². The van der Waals surface area contributed by atoms with E-state index in [0.29, 0.717) is 17.2 Å². The fourth-order valence-electron chi connectivity index (χ4n) is 1.27. The Bertz CT molecular complexity index is 588. The average molecular weight is 263 g/mol. The number of Topliss-reactive ketones (excluding diaryl/α,β-unsaturated/α-hetero) is 1. The highest BCUT2D eigenvalue weighted by atomic mass is 32.1. The van der Waals surface area contributed by atoms with Gasteiger partial charge in [-0.05, 0) is 12.1 Å². The summed E-state index contributed by atoms with van der Waals surface area (Å²) in [4.78, 5) is 25.9. The van der Waals surface area contributed by atoms with E-state index in [2.05, 4.69) is 4.98 Å². The molecule has 18 heavy (non-hydrogen) atoms. The molecule has 0 aliphatic carbocycles. The van der Waals surface area contributed by atoms with Crippen molar-refractivity contribution in [1.29, 1.82) is 0 Å². The molecule has 0 fully saturated rings. The number of carbonyl (C=O) groups excluding carboxylic acids is 1. The minimum atomic E-state index is -0.986. The molecule has 0 aliphatic rings. The van der Waals surface area contributed by atoms with E-state index in [1.54, 1.807) is 17.5 Å². The Balaban J connectivity index is 2.13. The maximum absolute atomic E-state index is 11.0. The van der Waals surface area contributed by atoms with Gasteiger partial charge in [0.1, 0.15) is 22.1 Å². The minimum Gasteiger partial charge on any atom is -0.477 e. The van der Waals surface area contributed by atoms with E-state index in [4.69, 9.17) is 9.84 Å². The van der Waals surface area contributed by atoms with Gasteiger partial charge < -0.3 is 9.84 Å². The second-order valence-electron chi connectivity index (χ2n) is 3.49. The topological polar surface area (TPSA) is 76.5 Å². The summed E-state index contributed by atoms with van der Waals surface area (Å²) in [6.07, 6.45) is 1.43. The number of carboxylic acid groups (broad SMARTS) is 1. The smallest absolute Gasteiger partial charge is 0.346 e. The molecule has 2 rings (SSSR count). The molecule has 0 aliphatic heterocycles. The molecular formula is C12H9NO4S. The molecule has 6 heteroatoms. The lowest BCUT2D eigenvalue weighted by Gasteiger charge is -2.02. The summed E-state index contributed by atoms with van der Waals surface area (Å²) in [6.45, 7) is 1.43. The van der Waals surface area contributed by atoms with Gasteiger partial charge in [-0.15, -0.1) is 11.3 Å². The van der Waals surface area contributed by atoms with Gasteiger partial charge >= 0.3 is 5.97 Å². The van der Waals surface area contributed by atoms with Crippen molar-refractivity contribution in [2.75, 3.05) is 0 Å². The highest BCUT2D eigenvalue weighted by molar-refractivity contribution is 7.12. The Kier molecular flexibility index (Phi) is 3.38. The fourth-order valence-corrected chi connectivity index (χ4v) is 1.91. The minimum absolute atomic E-state index is 0.120. The molecule has 2 aromatic heterocycles. The monoisotopic (exact) mass is 263 g/mol. The fraction of sp³-hybridized carbons (Fsp3) is 0.0833. The Hall–Kier alpha value is -2.21. The van der Waals surface area contributed by atoms with E-state index in [-0.39, 0.29) is 10.7 Å². The van der Waals surface area contributed by atoms with Crippen molar-refractivity contribution < 1.29 is 19.4 Å². The van der Waals surface area contributed by atoms with Crippen LogP contribution >= 0.6 is 11.3 Å². The number of hydrogen-bond acceptors (Lipinski definition) is 5. The van der Waals surface area contributed by atoms with Crippen LogP contribution in [0.15, 0.2) is 29.8 Å². The van der Waals surface area contributed by atoms with Crippen molar-refractivity contribution in [3.05, 3.63) is 40.3 Å². The number of rotatable bonds is 4. The second kappa shape index (κ2) is 4.97. The summed E-state index contributed by atoms with van der Waals surface area (Å²) >= 11 is 1.09. The molecule has 5 nitrogen and oxygen atoms in total. The molecule has 92 valence electrons. The summed E-state index contributed by atoms with van der Waals surface area (Å²) in [7, 11) is 0. The third-order valence-corrected chi connectivity index (χ3v) is 3.02. The Morgan fingerprint density at radius 2 is 2.11 bits per heavy atom. The highest BCUT2D eigenvalue weighted by Crippen LogP contribution is 2.26. The molecule has 2 aromatic rings. The molecular weight excluding hydrogens is 254 g/mol. The SMILES string of the molecule is CC(=O)c1ccc(Oc2csc(C(=O)O)c2)cn1. The van der Waals surface area contributed by atoms with Crippen molar-refractivity contribution in [3.63, 3.8) is 0 Å². The summed E-state index contributed by atoms with van der Waals surface area (Å²) in [5, 5.41) is 10.4. The van der Waals surface area contributed by atoms with Gasteiger partial charge in [-0.2, -0.15) is 0 Å². The zero-order chi connectivity index (χ0) is 13.1. The molecule has 0 amide bonds.